The van der Waals surface area contributed by atoms with Crippen molar-refractivity contribution in [3.8, 4) is 5.75 Å². The van der Waals surface area contributed by atoms with E-state index in [0.717, 1.165) is 16.7 Å². The molecule has 0 radical (unpaired) electrons. The first-order chi connectivity index (χ1) is 19.4. The second kappa shape index (κ2) is 11.9. The summed E-state index contributed by atoms with van der Waals surface area (Å²) >= 11 is 1.31. The van der Waals surface area contributed by atoms with Gasteiger partial charge in [0.2, 0.25) is 0 Å². The second-order valence-corrected chi connectivity index (χ2v) is 11.0. The Hall–Kier alpha value is -4.23. The second-order valence-electron chi connectivity index (χ2n) is 9.97. The molecule has 3 aromatic carbocycles. The molecule has 0 saturated carbocycles. The van der Waals surface area contributed by atoms with Crippen molar-refractivity contribution in [3.05, 3.63) is 132 Å². The molecule has 40 heavy (non-hydrogen) atoms. The number of aromatic nitrogens is 1. The van der Waals surface area contributed by atoms with Crippen LogP contribution in [0.25, 0.3) is 6.08 Å². The van der Waals surface area contributed by atoms with Crippen molar-refractivity contribution in [2.75, 3.05) is 6.61 Å². The molecule has 0 spiro atoms. The van der Waals surface area contributed by atoms with E-state index in [2.05, 4.69) is 31.0 Å². The number of allylic oxidation sites excluding steroid dienone is 1. The number of hydrogen-bond donors (Lipinski definition) is 0. The first kappa shape index (κ1) is 27.3. The van der Waals surface area contributed by atoms with Crippen molar-refractivity contribution in [3.63, 3.8) is 0 Å². The van der Waals surface area contributed by atoms with Crippen LogP contribution in [0.2, 0.25) is 0 Å². The molecule has 6 nitrogen and oxygen atoms in total. The van der Waals surface area contributed by atoms with E-state index in [9.17, 15) is 9.59 Å². The molecule has 1 aliphatic rings. The maximum absolute atomic E-state index is 13.9. The van der Waals surface area contributed by atoms with E-state index < -0.39 is 12.0 Å². The summed E-state index contributed by atoms with van der Waals surface area (Å²) in [6, 6.07) is 25.1. The van der Waals surface area contributed by atoms with Gasteiger partial charge in [-0.15, -0.1) is 0 Å². The highest BCUT2D eigenvalue weighted by molar-refractivity contribution is 7.07. The van der Waals surface area contributed by atoms with Gasteiger partial charge >= 0.3 is 5.97 Å². The summed E-state index contributed by atoms with van der Waals surface area (Å²) in [5.74, 6) is 0.624. The first-order valence-electron chi connectivity index (χ1n) is 13.4. The normalized spacial score (nSPS) is 15.1. The minimum atomic E-state index is -0.626. The molecular weight excluding hydrogens is 520 g/mol. The minimum absolute atomic E-state index is 0.202. The fourth-order valence-electron chi connectivity index (χ4n) is 4.76. The molecule has 1 aromatic heterocycles. The van der Waals surface area contributed by atoms with Crippen molar-refractivity contribution in [2.24, 2.45) is 4.99 Å². The van der Waals surface area contributed by atoms with Crippen molar-refractivity contribution in [1.29, 1.82) is 0 Å². The maximum atomic E-state index is 13.9. The molecule has 0 aliphatic carbocycles. The SMILES string of the molecule is CCOC(=O)C1=C(C)N=c2s/c(=C\c3cccc(OCc4ccccc4)c3)c(=O)n2[C@H]1c1ccc(C(C)C)cc1. The standard InChI is InChI=1S/C33H32N2O4S/c1-5-38-32(37)29-22(4)34-33-35(30(29)26-16-14-25(15-17-26)21(2)3)31(36)28(40-33)19-24-12-9-13-27(18-24)39-20-23-10-7-6-8-11-23/h6-19,21,30H,5,20H2,1-4H3/b28-19-/t30-/m0/s1. The van der Waals surface area contributed by atoms with E-state index >= 15 is 0 Å². The van der Waals surface area contributed by atoms with E-state index in [4.69, 9.17) is 9.47 Å². The van der Waals surface area contributed by atoms with Crippen molar-refractivity contribution in [2.45, 2.75) is 46.3 Å². The van der Waals surface area contributed by atoms with Crippen molar-refractivity contribution >= 4 is 23.4 Å². The Morgan fingerprint density at radius 1 is 1.05 bits per heavy atom. The Morgan fingerprint density at radius 3 is 2.50 bits per heavy atom. The van der Waals surface area contributed by atoms with Gasteiger partial charge in [-0.3, -0.25) is 9.36 Å². The Morgan fingerprint density at radius 2 is 1.80 bits per heavy atom. The number of fused-ring (bicyclic) bond motifs is 1. The summed E-state index contributed by atoms with van der Waals surface area (Å²) in [6.07, 6.45) is 1.85. The van der Waals surface area contributed by atoms with Gasteiger partial charge in [0.25, 0.3) is 5.56 Å². The fourth-order valence-corrected chi connectivity index (χ4v) is 5.80. The van der Waals surface area contributed by atoms with Crippen LogP contribution in [0.4, 0.5) is 0 Å². The average Bonchev–Trinajstić information content (AvgIpc) is 3.26. The lowest BCUT2D eigenvalue weighted by Crippen LogP contribution is -2.39. The number of hydrogen-bond acceptors (Lipinski definition) is 6. The third-order valence-corrected chi connectivity index (χ3v) is 7.82. The molecule has 0 amide bonds. The van der Waals surface area contributed by atoms with Crippen LogP contribution in [0.3, 0.4) is 0 Å². The highest BCUT2D eigenvalue weighted by Crippen LogP contribution is 2.31. The molecule has 0 bridgehead atoms. The molecule has 7 heteroatoms. The van der Waals surface area contributed by atoms with Gasteiger partial charge in [-0.2, -0.15) is 0 Å². The van der Waals surface area contributed by atoms with Crippen molar-refractivity contribution in [1.82, 2.24) is 4.57 Å². The summed E-state index contributed by atoms with van der Waals surface area (Å²) in [5.41, 5.74) is 4.68. The minimum Gasteiger partial charge on any atom is -0.489 e. The Balaban J connectivity index is 1.56. The number of nitrogens with zero attached hydrogens (tertiary/aromatic N) is 2. The summed E-state index contributed by atoms with van der Waals surface area (Å²) in [5, 5.41) is 0. The molecule has 0 unspecified atom stereocenters. The number of rotatable bonds is 8. The number of thiazole rings is 1. The van der Waals surface area contributed by atoms with E-state index in [1.807, 2.05) is 72.8 Å². The zero-order valence-corrected chi connectivity index (χ0v) is 23.9. The zero-order chi connectivity index (χ0) is 28.2. The zero-order valence-electron chi connectivity index (χ0n) is 23.1. The molecule has 4 aromatic rings. The van der Waals surface area contributed by atoms with E-state index in [0.29, 0.717) is 38.9 Å². The fraction of sp³-hybridized carbons (Fsp3) is 0.242. The Bertz CT molecular complexity index is 1730. The number of esters is 1. The maximum Gasteiger partial charge on any atom is 0.338 e. The van der Waals surface area contributed by atoms with Crippen LogP contribution in [0.5, 0.6) is 5.75 Å². The summed E-state index contributed by atoms with van der Waals surface area (Å²) in [7, 11) is 0. The third-order valence-electron chi connectivity index (χ3n) is 6.84. The summed E-state index contributed by atoms with van der Waals surface area (Å²) in [4.78, 5) is 32.2. The molecule has 5 rings (SSSR count). The topological polar surface area (TPSA) is 69.9 Å². The predicted molar refractivity (Wildman–Crippen MR) is 158 cm³/mol. The Kier molecular flexibility index (Phi) is 8.12. The number of ether oxygens (including phenoxy) is 2. The molecule has 0 N–H and O–H groups in total. The third kappa shape index (κ3) is 5.70. The van der Waals surface area contributed by atoms with Gasteiger partial charge in [0.05, 0.1) is 28.5 Å². The molecule has 1 atom stereocenters. The highest BCUT2D eigenvalue weighted by atomic mass is 32.1. The van der Waals surface area contributed by atoms with Gasteiger partial charge in [0.1, 0.15) is 12.4 Å². The summed E-state index contributed by atoms with van der Waals surface area (Å²) in [6.45, 7) is 8.53. The average molecular weight is 553 g/mol. The van der Waals surface area contributed by atoms with Crippen molar-refractivity contribution < 1.29 is 14.3 Å². The molecule has 204 valence electrons. The van der Waals surface area contributed by atoms with Crippen LogP contribution in [0.15, 0.2) is 99.9 Å². The Labute approximate surface area is 237 Å². The first-order valence-corrected chi connectivity index (χ1v) is 14.2. The smallest absolute Gasteiger partial charge is 0.338 e. The molecule has 0 fully saturated rings. The largest absolute Gasteiger partial charge is 0.489 e. The van der Waals surface area contributed by atoms with Gasteiger partial charge in [-0.1, -0.05) is 91.9 Å². The van der Waals surface area contributed by atoms with E-state index in [1.54, 1.807) is 18.4 Å². The van der Waals surface area contributed by atoms with E-state index in [1.165, 1.54) is 16.9 Å². The monoisotopic (exact) mass is 552 g/mol. The molecular formula is C33H32N2O4S. The van der Waals surface area contributed by atoms with Crippen LogP contribution in [0, 0.1) is 0 Å². The summed E-state index contributed by atoms with van der Waals surface area (Å²) < 4.78 is 13.5. The van der Waals surface area contributed by atoms with Crippen LogP contribution in [0.1, 0.15) is 61.9 Å². The van der Waals surface area contributed by atoms with Crippen LogP contribution in [-0.4, -0.2) is 17.1 Å². The van der Waals surface area contributed by atoms with Gasteiger partial charge in [0.15, 0.2) is 4.80 Å². The lowest BCUT2D eigenvalue weighted by atomic mass is 9.93. The van der Waals surface area contributed by atoms with Gasteiger partial charge < -0.3 is 9.47 Å². The van der Waals surface area contributed by atoms with Gasteiger partial charge in [-0.05, 0) is 60.2 Å². The quantitative estimate of drug-likeness (QED) is 0.271. The lowest BCUT2D eigenvalue weighted by molar-refractivity contribution is -0.139. The number of benzene rings is 3. The van der Waals surface area contributed by atoms with Crippen LogP contribution < -0.4 is 19.6 Å². The highest BCUT2D eigenvalue weighted by Gasteiger charge is 2.33. The molecule has 1 aliphatic heterocycles. The predicted octanol–water partition coefficient (Wildman–Crippen LogP) is 5.50. The molecule has 0 saturated heterocycles. The van der Waals surface area contributed by atoms with E-state index in [-0.39, 0.29) is 12.2 Å². The number of carbonyl (C=O) groups excluding carboxylic acids is 1. The van der Waals surface area contributed by atoms with Crippen LogP contribution in [-0.2, 0) is 16.1 Å². The molecule has 2 heterocycles. The van der Waals surface area contributed by atoms with Gasteiger partial charge in [-0.25, -0.2) is 9.79 Å². The van der Waals surface area contributed by atoms with Gasteiger partial charge in [0, 0.05) is 0 Å². The lowest BCUT2D eigenvalue weighted by Gasteiger charge is -2.25. The van der Waals surface area contributed by atoms with Crippen LogP contribution >= 0.6 is 11.3 Å². The number of carbonyl (C=O) groups is 1.